The van der Waals surface area contributed by atoms with Crippen molar-refractivity contribution in [3.8, 4) is 0 Å². The first-order valence-corrected chi connectivity index (χ1v) is 9.21. The topological polar surface area (TPSA) is 85.1 Å². The van der Waals surface area contributed by atoms with Crippen LogP contribution in [0.5, 0.6) is 0 Å². The molecule has 0 aliphatic carbocycles. The van der Waals surface area contributed by atoms with Crippen molar-refractivity contribution in [2.45, 2.75) is 18.9 Å². The minimum Gasteiger partial charge on any atom is -0.376 e. The fraction of sp³-hybridized carbons (Fsp3) is 0.526. The summed E-state index contributed by atoms with van der Waals surface area (Å²) in [5, 5.41) is 4.91. The van der Waals surface area contributed by atoms with Gasteiger partial charge in [0, 0.05) is 18.5 Å². The Bertz CT molecular complexity index is 851. The predicted octanol–water partition coefficient (Wildman–Crippen LogP) is 0.847. The van der Waals surface area contributed by atoms with Crippen LogP contribution in [0.15, 0.2) is 28.8 Å². The Morgan fingerprint density at radius 1 is 1.30 bits per heavy atom. The number of rotatable bonds is 3. The number of fused-ring (bicyclic) bond motifs is 1. The summed E-state index contributed by atoms with van der Waals surface area (Å²) in [6, 6.07) is 7.50. The molecule has 1 spiro atoms. The molecule has 2 fully saturated rings. The van der Waals surface area contributed by atoms with Crippen molar-refractivity contribution in [1.82, 2.24) is 15.0 Å². The SMILES string of the molecule is CCN1CC2(COCCN(C(=O)Cc3noc4ccccc34)C2)OCC1=O. The molecule has 0 bridgehead atoms. The molecule has 0 saturated carbocycles. The van der Waals surface area contributed by atoms with Crippen molar-refractivity contribution < 1.29 is 23.6 Å². The normalized spacial score (nSPS) is 23.8. The zero-order valence-electron chi connectivity index (χ0n) is 15.3. The summed E-state index contributed by atoms with van der Waals surface area (Å²) in [7, 11) is 0. The van der Waals surface area contributed by atoms with Gasteiger partial charge in [0.05, 0.1) is 32.7 Å². The monoisotopic (exact) mass is 373 g/mol. The molecule has 1 atom stereocenters. The van der Waals surface area contributed by atoms with E-state index in [0.717, 1.165) is 5.39 Å². The third-order valence-corrected chi connectivity index (χ3v) is 5.19. The van der Waals surface area contributed by atoms with Crippen LogP contribution in [0.3, 0.4) is 0 Å². The standard InChI is InChI=1S/C19H23N3O5/c1-2-21-11-19(26-10-18(21)24)12-22(7-8-25-13-19)17(23)9-15-14-5-3-4-6-16(14)27-20-15/h3-6H,2,7-13H2,1H3. The van der Waals surface area contributed by atoms with Crippen molar-refractivity contribution in [3.05, 3.63) is 30.0 Å². The second-order valence-electron chi connectivity index (χ2n) is 7.05. The first kappa shape index (κ1) is 17.9. The van der Waals surface area contributed by atoms with E-state index in [0.29, 0.717) is 50.7 Å². The lowest BCUT2D eigenvalue weighted by atomic mass is 10.0. The average molecular weight is 373 g/mol. The van der Waals surface area contributed by atoms with Gasteiger partial charge in [0.25, 0.3) is 0 Å². The van der Waals surface area contributed by atoms with Gasteiger partial charge in [-0.2, -0.15) is 0 Å². The molecule has 0 N–H and O–H groups in total. The highest BCUT2D eigenvalue weighted by atomic mass is 16.6. The molecule has 8 nitrogen and oxygen atoms in total. The van der Waals surface area contributed by atoms with Gasteiger partial charge >= 0.3 is 0 Å². The first-order valence-electron chi connectivity index (χ1n) is 9.21. The number of nitrogens with zero attached hydrogens (tertiary/aromatic N) is 3. The predicted molar refractivity (Wildman–Crippen MR) is 96.0 cm³/mol. The Balaban J connectivity index is 1.50. The van der Waals surface area contributed by atoms with Crippen LogP contribution in [0.25, 0.3) is 11.0 Å². The molecular formula is C19H23N3O5. The maximum atomic E-state index is 13.0. The maximum Gasteiger partial charge on any atom is 0.248 e. The molecule has 8 heteroatoms. The highest BCUT2D eigenvalue weighted by molar-refractivity contribution is 5.86. The summed E-state index contributed by atoms with van der Waals surface area (Å²) in [5.74, 6) is -0.0817. The summed E-state index contributed by atoms with van der Waals surface area (Å²) in [4.78, 5) is 28.4. The molecule has 2 aromatic rings. The number of hydrogen-bond acceptors (Lipinski definition) is 6. The van der Waals surface area contributed by atoms with Gasteiger partial charge in [0.1, 0.15) is 17.9 Å². The van der Waals surface area contributed by atoms with E-state index < -0.39 is 5.60 Å². The highest BCUT2D eigenvalue weighted by Gasteiger charge is 2.43. The minimum atomic E-state index is -0.679. The first-order chi connectivity index (χ1) is 13.1. The van der Waals surface area contributed by atoms with Gasteiger partial charge in [-0.25, -0.2) is 0 Å². The lowest BCUT2D eigenvalue weighted by Gasteiger charge is -2.42. The quantitative estimate of drug-likeness (QED) is 0.793. The molecule has 0 radical (unpaired) electrons. The van der Waals surface area contributed by atoms with E-state index in [1.54, 1.807) is 9.80 Å². The van der Waals surface area contributed by atoms with Gasteiger partial charge in [0.2, 0.25) is 11.8 Å². The second kappa shape index (κ2) is 7.28. The second-order valence-corrected chi connectivity index (χ2v) is 7.05. The van der Waals surface area contributed by atoms with E-state index in [1.807, 2.05) is 31.2 Å². The number of ether oxygens (including phenoxy) is 2. The number of likely N-dealkylation sites (N-methyl/N-ethyl adjacent to an activating group) is 1. The van der Waals surface area contributed by atoms with Crippen molar-refractivity contribution >= 4 is 22.8 Å². The number of morpholine rings is 1. The number of carbonyl (C=O) groups excluding carboxylic acids is 2. The van der Waals surface area contributed by atoms with Gasteiger partial charge in [-0.05, 0) is 19.1 Å². The molecular weight excluding hydrogens is 350 g/mol. The van der Waals surface area contributed by atoms with Crippen LogP contribution in [0.4, 0.5) is 0 Å². The maximum absolute atomic E-state index is 13.0. The van der Waals surface area contributed by atoms with Gasteiger partial charge < -0.3 is 23.8 Å². The molecule has 2 amide bonds. The van der Waals surface area contributed by atoms with Crippen molar-refractivity contribution in [3.63, 3.8) is 0 Å². The van der Waals surface area contributed by atoms with E-state index in [1.165, 1.54) is 0 Å². The van der Waals surface area contributed by atoms with Crippen LogP contribution in [-0.4, -0.2) is 78.4 Å². The van der Waals surface area contributed by atoms with Gasteiger partial charge in [-0.3, -0.25) is 9.59 Å². The lowest BCUT2D eigenvalue weighted by molar-refractivity contribution is -0.173. The van der Waals surface area contributed by atoms with Crippen molar-refractivity contribution in [1.29, 1.82) is 0 Å². The number of aromatic nitrogens is 1. The molecule has 2 saturated heterocycles. The minimum absolute atomic E-state index is 0.0210. The zero-order chi connectivity index (χ0) is 18.9. The fourth-order valence-electron chi connectivity index (χ4n) is 3.70. The lowest BCUT2D eigenvalue weighted by Crippen LogP contribution is -2.61. The van der Waals surface area contributed by atoms with E-state index in [2.05, 4.69) is 5.16 Å². The van der Waals surface area contributed by atoms with E-state index in [9.17, 15) is 9.59 Å². The van der Waals surface area contributed by atoms with Gasteiger partial charge in [0.15, 0.2) is 5.58 Å². The number of carbonyl (C=O) groups is 2. The van der Waals surface area contributed by atoms with E-state index in [4.69, 9.17) is 14.0 Å². The molecule has 3 heterocycles. The van der Waals surface area contributed by atoms with Crippen LogP contribution in [-0.2, 0) is 25.5 Å². The molecule has 4 rings (SSSR count). The molecule has 1 aromatic carbocycles. The number of benzene rings is 1. The van der Waals surface area contributed by atoms with E-state index >= 15 is 0 Å². The third-order valence-electron chi connectivity index (χ3n) is 5.19. The van der Waals surface area contributed by atoms with Crippen LogP contribution in [0.2, 0.25) is 0 Å². The Labute approximate surface area is 157 Å². The summed E-state index contributed by atoms with van der Waals surface area (Å²) in [5.41, 5.74) is 0.621. The Morgan fingerprint density at radius 3 is 3.00 bits per heavy atom. The van der Waals surface area contributed by atoms with Crippen LogP contribution in [0, 0.1) is 0 Å². The summed E-state index contributed by atoms with van der Waals surface area (Å²) < 4.78 is 16.9. The molecule has 2 aliphatic heterocycles. The molecule has 1 unspecified atom stereocenters. The zero-order valence-corrected chi connectivity index (χ0v) is 15.3. The van der Waals surface area contributed by atoms with Crippen molar-refractivity contribution in [2.75, 3.05) is 46.0 Å². The summed E-state index contributed by atoms with van der Waals surface area (Å²) in [6.45, 7) is 4.69. The molecule has 2 aliphatic rings. The summed E-state index contributed by atoms with van der Waals surface area (Å²) >= 11 is 0. The largest absolute Gasteiger partial charge is 0.376 e. The molecule has 1 aromatic heterocycles. The Kier molecular flexibility index (Phi) is 4.84. The molecule has 144 valence electrons. The van der Waals surface area contributed by atoms with Crippen LogP contribution >= 0.6 is 0 Å². The van der Waals surface area contributed by atoms with E-state index in [-0.39, 0.29) is 24.8 Å². The van der Waals surface area contributed by atoms with Crippen LogP contribution < -0.4 is 0 Å². The Hall–Kier alpha value is -2.45. The summed E-state index contributed by atoms with van der Waals surface area (Å²) in [6.07, 6.45) is 0.156. The number of hydrogen-bond donors (Lipinski definition) is 0. The average Bonchev–Trinajstić information content (AvgIpc) is 2.97. The highest BCUT2D eigenvalue weighted by Crippen LogP contribution is 2.24. The molecule has 27 heavy (non-hydrogen) atoms. The Morgan fingerprint density at radius 2 is 2.15 bits per heavy atom. The smallest absolute Gasteiger partial charge is 0.248 e. The number of para-hydroxylation sites is 1. The third kappa shape index (κ3) is 3.54. The van der Waals surface area contributed by atoms with Gasteiger partial charge in [-0.15, -0.1) is 0 Å². The van der Waals surface area contributed by atoms with Gasteiger partial charge in [-0.1, -0.05) is 17.3 Å². The van der Waals surface area contributed by atoms with Crippen LogP contribution in [0.1, 0.15) is 12.6 Å². The van der Waals surface area contributed by atoms with Crippen molar-refractivity contribution in [2.24, 2.45) is 0 Å². The number of amides is 2. The fourth-order valence-corrected chi connectivity index (χ4v) is 3.70.